The number of halogens is 2. The van der Waals surface area contributed by atoms with Crippen molar-refractivity contribution in [2.45, 2.75) is 38.2 Å². The number of ether oxygens (including phenoxy) is 1. The van der Waals surface area contributed by atoms with Gasteiger partial charge in [-0.05, 0) is 24.5 Å². The molecule has 1 aliphatic rings. The van der Waals surface area contributed by atoms with Crippen molar-refractivity contribution in [3.8, 4) is 0 Å². The van der Waals surface area contributed by atoms with Crippen molar-refractivity contribution in [3.05, 3.63) is 34.9 Å². The van der Waals surface area contributed by atoms with Crippen LogP contribution < -0.4 is 10.6 Å². The average Bonchev–Trinajstić information content (AvgIpc) is 3.01. The summed E-state index contributed by atoms with van der Waals surface area (Å²) in [6, 6.07) is 7.99. The number of nitrogens with zero attached hydrogens (tertiary/aromatic N) is 1. The highest BCUT2D eigenvalue weighted by Gasteiger charge is 2.23. The number of hydrogen-bond acceptors (Lipinski definition) is 2. The van der Waals surface area contributed by atoms with Crippen molar-refractivity contribution in [2.24, 2.45) is 4.99 Å². The van der Waals surface area contributed by atoms with Crippen molar-refractivity contribution in [2.75, 3.05) is 26.7 Å². The molecular formula is C17H27ClIN3O. The van der Waals surface area contributed by atoms with Crippen LogP contribution in [0.15, 0.2) is 29.3 Å². The number of aliphatic imine (C=N–C) groups is 1. The number of nitrogens with one attached hydrogen (secondary N) is 2. The van der Waals surface area contributed by atoms with E-state index >= 15 is 0 Å². The summed E-state index contributed by atoms with van der Waals surface area (Å²) in [6.45, 7) is 6.77. The minimum Gasteiger partial charge on any atom is -0.376 e. The molecule has 0 saturated carbocycles. The van der Waals surface area contributed by atoms with Gasteiger partial charge in [-0.25, -0.2) is 0 Å². The Hall–Kier alpha value is -0.530. The maximum atomic E-state index is 6.32. The zero-order valence-corrected chi connectivity index (χ0v) is 17.2. The second-order valence-corrected chi connectivity index (χ2v) is 6.71. The van der Waals surface area contributed by atoms with E-state index in [4.69, 9.17) is 16.3 Å². The molecule has 0 aliphatic carbocycles. The molecule has 6 heteroatoms. The van der Waals surface area contributed by atoms with E-state index in [1.54, 1.807) is 7.05 Å². The van der Waals surface area contributed by atoms with Gasteiger partial charge in [0.1, 0.15) is 0 Å². The summed E-state index contributed by atoms with van der Waals surface area (Å²) in [4.78, 5) is 4.27. The third kappa shape index (κ3) is 6.12. The molecule has 2 N–H and O–H groups in total. The highest BCUT2D eigenvalue weighted by Crippen LogP contribution is 2.28. The molecule has 0 radical (unpaired) electrons. The van der Waals surface area contributed by atoms with Crippen molar-refractivity contribution in [1.29, 1.82) is 0 Å². The molecule has 2 rings (SSSR count). The molecule has 4 nitrogen and oxygen atoms in total. The Morgan fingerprint density at radius 3 is 2.70 bits per heavy atom. The molecule has 1 aromatic rings. The molecule has 1 saturated heterocycles. The number of benzene rings is 1. The first-order chi connectivity index (χ1) is 10.5. The molecule has 1 atom stereocenters. The van der Waals surface area contributed by atoms with Crippen LogP contribution in [0, 0.1) is 0 Å². The Morgan fingerprint density at radius 1 is 1.35 bits per heavy atom. The van der Waals surface area contributed by atoms with Crippen LogP contribution in [0.2, 0.25) is 5.02 Å². The fourth-order valence-electron chi connectivity index (χ4n) is 2.65. The fraction of sp³-hybridized carbons (Fsp3) is 0.588. The molecule has 130 valence electrons. The minimum atomic E-state index is -0.0835. The summed E-state index contributed by atoms with van der Waals surface area (Å²) in [5.74, 6) is 0.802. The number of guanidine groups is 1. The van der Waals surface area contributed by atoms with Crippen LogP contribution in [0.1, 0.15) is 32.3 Å². The van der Waals surface area contributed by atoms with Gasteiger partial charge < -0.3 is 15.4 Å². The van der Waals surface area contributed by atoms with Gasteiger partial charge in [-0.1, -0.05) is 43.6 Å². The maximum absolute atomic E-state index is 6.32. The first-order valence-corrected chi connectivity index (χ1v) is 8.22. The molecule has 23 heavy (non-hydrogen) atoms. The van der Waals surface area contributed by atoms with Gasteiger partial charge in [0.2, 0.25) is 0 Å². The largest absolute Gasteiger partial charge is 0.376 e. The molecule has 1 unspecified atom stereocenters. The van der Waals surface area contributed by atoms with Gasteiger partial charge >= 0.3 is 0 Å². The van der Waals surface area contributed by atoms with E-state index < -0.39 is 0 Å². The van der Waals surface area contributed by atoms with E-state index in [-0.39, 0.29) is 29.4 Å². The zero-order chi connectivity index (χ0) is 16.0. The normalized spacial score (nSPS) is 18.4. The Morgan fingerprint density at radius 2 is 2.09 bits per heavy atom. The van der Waals surface area contributed by atoms with E-state index in [2.05, 4.69) is 35.5 Å². The standard InChI is InChI=1S/C17H26ClN3O.HI/c1-17(2,14-8-4-5-9-15(14)18)12-21-16(19-3)20-11-13-7-6-10-22-13;/h4-5,8-9,13H,6-7,10-12H2,1-3H3,(H2,19,20,21);1H. The quantitative estimate of drug-likeness (QED) is 0.409. The average molecular weight is 452 g/mol. The molecule has 1 fully saturated rings. The van der Waals surface area contributed by atoms with Crippen molar-refractivity contribution < 1.29 is 4.74 Å². The minimum absolute atomic E-state index is 0. The third-order valence-electron chi connectivity index (χ3n) is 4.05. The molecular weight excluding hydrogens is 425 g/mol. The fourth-order valence-corrected chi connectivity index (χ4v) is 3.04. The first kappa shape index (κ1) is 20.5. The van der Waals surface area contributed by atoms with Crippen LogP contribution in [0.5, 0.6) is 0 Å². The summed E-state index contributed by atoms with van der Waals surface area (Å²) in [6.07, 6.45) is 2.57. The molecule has 1 aliphatic heterocycles. The molecule has 0 aromatic heterocycles. The lowest BCUT2D eigenvalue weighted by molar-refractivity contribution is 0.114. The highest BCUT2D eigenvalue weighted by molar-refractivity contribution is 14.0. The molecule has 0 bridgehead atoms. The van der Waals surface area contributed by atoms with Gasteiger partial charge in [0.25, 0.3) is 0 Å². The zero-order valence-electron chi connectivity index (χ0n) is 14.1. The van der Waals surface area contributed by atoms with Gasteiger partial charge in [-0.3, -0.25) is 4.99 Å². The smallest absolute Gasteiger partial charge is 0.191 e. The lowest BCUT2D eigenvalue weighted by Crippen LogP contribution is -2.45. The van der Waals surface area contributed by atoms with Gasteiger partial charge in [0, 0.05) is 37.2 Å². The predicted octanol–water partition coefficient (Wildman–Crippen LogP) is 3.58. The van der Waals surface area contributed by atoms with Gasteiger partial charge in [0.15, 0.2) is 5.96 Å². The summed E-state index contributed by atoms with van der Waals surface area (Å²) < 4.78 is 5.62. The lowest BCUT2D eigenvalue weighted by Gasteiger charge is -2.28. The molecule has 1 aromatic carbocycles. The molecule has 0 amide bonds. The van der Waals surface area contributed by atoms with E-state index in [1.807, 2.05) is 18.2 Å². The van der Waals surface area contributed by atoms with Crippen LogP contribution in [0.3, 0.4) is 0 Å². The van der Waals surface area contributed by atoms with Crippen molar-refractivity contribution >= 4 is 41.5 Å². The van der Waals surface area contributed by atoms with Crippen molar-refractivity contribution in [1.82, 2.24) is 10.6 Å². The second-order valence-electron chi connectivity index (χ2n) is 6.31. The monoisotopic (exact) mass is 451 g/mol. The maximum Gasteiger partial charge on any atom is 0.191 e. The Bertz CT molecular complexity index is 516. The predicted molar refractivity (Wildman–Crippen MR) is 108 cm³/mol. The number of rotatable bonds is 5. The topological polar surface area (TPSA) is 45.7 Å². The Balaban J connectivity index is 0.00000264. The second kappa shape index (κ2) is 9.69. The van der Waals surface area contributed by atoms with Crippen LogP contribution in [0.4, 0.5) is 0 Å². The van der Waals surface area contributed by atoms with E-state index in [9.17, 15) is 0 Å². The van der Waals surface area contributed by atoms with Crippen LogP contribution in [0.25, 0.3) is 0 Å². The van der Waals surface area contributed by atoms with Crippen LogP contribution in [-0.4, -0.2) is 38.8 Å². The van der Waals surface area contributed by atoms with Gasteiger partial charge in [0.05, 0.1) is 6.10 Å². The van der Waals surface area contributed by atoms with Gasteiger partial charge in [-0.15, -0.1) is 24.0 Å². The SMILES string of the molecule is CN=C(NCC1CCCO1)NCC(C)(C)c1ccccc1Cl.I. The molecule has 1 heterocycles. The van der Waals surface area contributed by atoms with E-state index in [1.165, 1.54) is 0 Å². The third-order valence-corrected chi connectivity index (χ3v) is 4.38. The Labute approximate surface area is 161 Å². The first-order valence-electron chi connectivity index (χ1n) is 7.84. The summed E-state index contributed by atoms with van der Waals surface area (Å²) >= 11 is 6.32. The lowest BCUT2D eigenvalue weighted by atomic mass is 9.84. The molecule has 0 spiro atoms. The summed E-state index contributed by atoms with van der Waals surface area (Å²) in [5.41, 5.74) is 1.05. The van der Waals surface area contributed by atoms with E-state index in [0.29, 0.717) is 6.10 Å². The number of hydrogen-bond donors (Lipinski definition) is 2. The van der Waals surface area contributed by atoms with Crippen molar-refractivity contribution in [3.63, 3.8) is 0 Å². The summed E-state index contributed by atoms with van der Waals surface area (Å²) in [7, 11) is 1.79. The van der Waals surface area contributed by atoms with Crippen LogP contribution >= 0.6 is 35.6 Å². The van der Waals surface area contributed by atoms with Crippen LogP contribution in [-0.2, 0) is 10.2 Å². The van der Waals surface area contributed by atoms with Gasteiger partial charge in [-0.2, -0.15) is 0 Å². The Kier molecular flexibility index (Phi) is 8.64. The summed E-state index contributed by atoms with van der Waals surface area (Å²) in [5, 5.41) is 7.52. The van der Waals surface area contributed by atoms with E-state index in [0.717, 1.165) is 49.1 Å². The highest BCUT2D eigenvalue weighted by atomic mass is 127.